The molecule has 1 heterocycles. The topological polar surface area (TPSA) is 22.1 Å². The predicted molar refractivity (Wildman–Crippen MR) is 77.8 cm³/mol. The first-order valence-electron chi connectivity index (χ1n) is 6.14. The normalized spacial score (nSPS) is 10.7. The zero-order valence-corrected chi connectivity index (χ0v) is 11.3. The number of pyridine rings is 1. The summed E-state index contributed by atoms with van der Waals surface area (Å²) in [5.74, 6) is 1.09. The van der Waals surface area contributed by atoms with Crippen LogP contribution < -0.4 is 4.74 Å². The van der Waals surface area contributed by atoms with E-state index in [2.05, 4.69) is 4.98 Å². The Kier molecular flexibility index (Phi) is 3.52. The summed E-state index contributed by atoms with van der Waals surface area (Å²) in [6.07, 6.45) is 1.73. The molecule has 0 aliphatic rings. The number of hydrogen-bond donors (Lipinski definition) is 0. The Morgan fingerprint density at radius 1 is 1.05 bits per heavy atom. The minimum absolute atomic E-state index is 0.191. The fourth-order valence-electron chi connectivity index (χ4n) is 2.03. The first kappa shape index (κ1) is 12.9. The number of ether oxygens (including phenoxy) is 1. The van der Waals surface area contributed by atoms with Crippen LogP contribution in [0.2, 0.25) is 0 Å². The highest BCUT2D eigenvalue weighted by Crippen LogP contribution is 2.31. The third kappa shape index (κ3) is 2.45. The van der Waals surface area contributed by atoms with Crippen molar-refractivity contribution < 1.29 is 9.13 Å². The summed E-state index contributed by atoms with van der Waals surface area (Å²) in [7, 11) is 0. The lowest BCUT2D eigenvalue weighted by Crippen LogP contribution is -1.92. The lowest BCUT2D eigenvalue weighted by Gasteiger charge is -2.11. The van der Waals surface area contributed by atoms with Crippen LogP contribution in [-0.2, 0) is 5.88 Å². The zero-order chi connectivity index (χ0) is 13.9. The third-order valence-electron chi connectivity index (χ3n) is 2.99. The molecule has 0 saturated heterocycles. The summed E-state index contributed by atoms with van der Waals surface area (Å²) in [5.41, 5.74) is 1.46. The van der Waals surface area contributed by atoms with Crippen LogP contribution in [0.15, 0.2) is 54.7 Å². The SMILES string of the molecule is Fc1ccc(Oc2cccc3ncccc23)c(CCl)c1. The van der Waals surface area contributed by atoms with Crippen molar-refractivity contribution >= 4 is 22.5 Å². The van der Waals surface area contributed by atoms with Crippen molar-refractivity contribution in [2.75, 3.05) is 0 Å². The van der Waals surface area contributed by atoms with Crippen molar-refractivity contribution in [3.8, 4) is 11.5 Å². The van der Waals surface area contributed by atoms with Crippen molar-refractivity contribution in [2.45, 2.75) is 5.88 Å². The number of alkyl halides is 1. The van der Waals surface area contributed by atoms with Gasteiger partial charge >= 0.3 is 0 Å². The Hall–Kier alpha value is -2.13. The van der Waals surface area contributed by atoms with Crippen LogP contribution in [0.5, 0.6) is 11.5 Å². The molecular weight excluding hydrogens is 277 g/mol. The van der Waals surface area contributed by atoms with Crippen molar-refractivity contribution in [3.63, 3.8) is 0 Å². The van der Waals surface area contributed by atoms with Crippen LogP contribution in [0.3, 0.4) is 0 Å². The molecule has 0 spiro atoms. The van der Waals surface area contributed by atoms with Gasteiger partial charge in [0.25, 0.3) is 0 Å². The van der Waals surface area contributed by atoms with Crippen LogP contribution in [0, 0.1) is 5.82 Å². The zero-order valence-electron chi connectivity index (χ0n) is 10.5. The molecule has 0 aliphatic carbocycles. The summed E-state index contributed by atoms with van der Waals surface area (Å²) in [6.45, 7) is 0. The molecule has 2 nitrogen and oxygen atoms in total. The fourth-order valence-corrected chi connectivity index (χ4v) is 2.24. The van der Waals surface area contributed by atoms with Crippen LogP contribution in [0.25, 0.3) is 10.9 Å². The molecule has 20 heavy (non-hydrogen) atoms. The van der Waals surface area contributed by atoms with Gasteiger partial charge in [0.2, 0.25) is 0 Å². The Bertz CT molecular complexity index is 755. The van der Waals surface area contributed by atoms with Gasteiger partial charge in [0, 0.05) is 17.1 Å². The average Bonchev–Trinajstić information content (AvgIpc) is 2.49. The second-order valence-corrected chi connectivity index (χ2v) is 4.58. The molecule has 1 aromatic heterocycles. The molecule has 3 rings (SSSR count). The highest BCUT2D eigenvalue weighted by atomic mass is 35.5. The molecule has 0 bridgehead atoms. The quantitative estimate of drug-likeness (QED) is 0.639. The standard InChI is InChI=1S/C16H11ClFNO/c17-10-11-9-12(18)6-7-15(11)20-16-5-1-4-14-13(16)3-2-8-19-14/h1-9H,10H2. The predicted octanol–water partition coefficient (Wildman–Crippen LogP) is 4.91. The summed E-state index contributed by atoms with van der Waals surface area (Å²) < 4.78 is 19.1. The van der Waals surface area contributed by atoms with Gasteiger partial charge in [-0.3, -0.25) is 4.98 Å². The molecular formula is C16H11ClFNO. The van der Waals surface area contributed by atoms with E-state index in [0.717, 1.165) is 10.9 Å². The van der Waals surface area contributed by atoms with Crippen molar-refractivity contribution in [1.29, 1.82) is 0 Å². The molecule has 0 aliphatic heterocycles. The molecule has 0 saturated carbocycles. The Balaban J connectivity index is 2.05. The smallest absolute Gasteiger partial charge is 0.136 e. The minimum atomic E-state index is -0.326. The van der Waals surface area contributed by atoms with E-state index in [1.165, 1.54) is 12.1 Å². The summed E-state index contributed by atoms with van der Waals surface area (Å²) in [6, 6.07) is 13.7. The molecule has 3 aromatic rings. The summed E-state index contributed by atoms with van der Waals surface area (Å²) in [5, 5.41) is 0.903. The Morgan fingerprint density at radius 3 is 2.80 bits per heavy atom. The van der Waals surface area contributed by atoms with Crippen LogP contribution in [0.1, 0.15) is 5.56 Å². The molecule has 0 radical (unpaired) electrons. The average molecular weight is 288 g/mol. The lowest BCUT2D eigenvalue weighted by atomic mass is 10.2. The highest BCUT2D eigenvalue weighted by Gasteiger charge is 2.08. The fraction of sp³-hybridized carbons (Fsp3) is 0.0625. The van der Waals surface area contributed by atoms with Gasteiger partial charge in [-0.25, -0.2) is 4.39 Å². The van der Waals surface area contributed by atoms with Gasteiger partial charge in [-0.2, -0.15) is 0 Å². The number of fused-ring (bicyclic) bond motifs is 1. The first-order chi connectivity index (χ1) is 9.78. The van der Waals surface area contributed by atoms with Crippen LogP contribution in [-0.4, -0.2) is 4.98 Å². The molecule has 0 unspecified atom stereocenters. The van der Waals surface area contributed by atoms with Crippen molar-refractivity contribution in [1.82, 2.24) is 4.98 Å². The highest BCUT2D eigenvalue weighted by molar-refractivity contribution is 6.17. The number of nitrogens with zero attached hydrogens (tertiary/aromatic N) is 1. The van der Waals surface area contributed by atoms with E-state index in [9.17, 15) is 4.39 Å². The maximum Gasteiger partial charge on any atom is 0.136 e. The summed E-state index contributed by atoms with van der Waals surface area (Å²) >= 11 is 5.83. The number of benzene rings is 2. The van der Waals surface area contributed by atoms with Crippen LogP contribution >= 0.6 is 11.6 Å². The van der Waals surface area contributed by atoms with Gasteiger partial charge in [-0.05, 0) is 42.5 Å². The maximum atomic E-state index is 13.2. The summed E-state index contributed by atoms with van der Waals surface area (Å²) in [4.78, 5) is 4.27. The third-order valence-corrected chi connectivity index (χ3v) is 3.28. The Labute approximate surface area is 120 Å². The van der Waals surface area contributed by atoms with E-state index < -0.39 is 0 Å². The second kappa shape index (κ2) is 5.47. The molecule has 0 fully saturated rings. The van der Waals surface area contributed by atoms with Gasteiger partial charge in [-0.1, -0.05) is 6.07 Å². The van der Waals surface area contributed by atoms with Crippen LogP contribution in [0.4, 0.5) is 4.39 Å². The Morgan fingerprint density at radius 2 is 1.95 bits per heavy atom. The van der Waals surface area contributed by atoms with E-state index in [4.69, 9.17) is 16.3 Å². The van der Waals surface area contributed by atoms with Gasteiger partial charge in [0.1, 0.15) is 17.3 Å². The van der Waals surface area contributed by atoms with E-state index in [0.29, 0.717) is 17.1 Å². The molecule has 0 amide bonds. The first-order valence-corrected chi connectivity index (χ1v) is 6.67. The monoisotopic (exact) mass is 287 g/mol. The van der Waals surface area contributed by atoms with Crippen molar-refractivity contribution in [3.05, 3.63) is 66.1 Å². The second-order valence-electron chi connectivity index (χ2n) is 4.31. The van der Waals surface area contributed by atoms with Crippen molar-refractivity contribution in [2.24, 2.45) is 0 Å². The van der Waals surface area contributed by atoms with Gasteiger partial charge in [-0.15, -0.1) is 11.6 Å². The largest absolute Gasteiger partial charge is 0.456 e. The minimum Gasteiger partial charge on any atom is -0.456 e. The number of rotatable bonds is 3. The molecule has 100 valence electrons. The van der Waals surface area contributed by atoms with Gasteiger partial charge in [0.05, 0.1) is 11.4 Å². The maximum absolute atomic E-state index is 13.2. The number of aromatic nitrogens is 1. The molecule has 0 atom stereocenters. The number of hydrogen-bond acceptors (Lipinski definition) is 2. The van der Waals surface area contributed by atoms with Gasteiger partial charge < -0.3 is 4.74 Å². The molecule has 2 aromatic carbocycles. The lowest BCUT2D eigenvalue weighted by molar-refractivity contribution is 0.481. The van der Waals surface area contributed by atoms with E-state index in [1.54, 1.807) is 12.3 Å². The molecule has 4 heteroatoms. The molecule has 0 N–H and O–H groups in total. The number of halogens is 2. The van der Waals surface area contributed by atoms with Gasteiger partial charge in [0.15, 0.2) is 0 Å². The van der Waals surface area contributed by atoms with E-state index in [-0.39, 0.29) is 11.7 Å². The van der Waals surface area contributed by atoms with E-state index >= 15 is 0 Å². The van der Waals surface area contributed by atoms with E-state index in [1.807, 2.05) is 30.3 Å².